The molecule has 0 amide bonds. The number of hydrogen-bond acceptors (Lipinski definition) is 1. The lowest BCUT2D eigenvalue weighted by Gasteiger charge is -2.18. The first kappa shape index (κ1) is 17.9. The van der Waals surface area contributed by atoms with Gasteiger partial charge in [0.25, 0.3) is 0 Å². The van der Waals surface area contributed by atoms with E-state index in [0.717, 1.165) is 30.4 Å². The van der Waals surface area contributed by atoms with Crippen LogP contribution in [0.4, 0.5) is 4.39 Å². The maximum absolute atomic E-state index is 13.1. The summed E-state index contributed by atoms with van der Waals surface area (Å²) in [5.74, 6) is -0.869. The van der Waals surface area contributed by atoms with Gasteiger partial charge in [-0.1, -0.05) is 54.6 Å². The molecule has 0 saturated carbocycles. The minimum Gasteiger partial charge on any atom is -0.478 e. The third-order valence-corrected chi connectivity index (χ3v) is 4.65. The highest BCUT2D eigenvalue weighted by Crippen LogP contribution is 2.27. The highest BCUT2D eigenvalue weighted by atomic mass is 19.1. The molecular weight excluding hydrogens is 327 g/mol. The summed E-state index contributed by atoms with van der Waals surface area (Å²) in [5.41, 5.74) is 3.78. The Hall–Kier alpha value is -2.94. The van der Waals surface area contributed by atoms with Gasteiger partial charge >= 0.3 is 5.97 Å². The van der Waals surface area contributed by atoms with E-state index in [0.29, 0.717) is 5.56 Å². The third-order valence-electron chi connectivity index (χ3n) is 4.65. The Morgan fingerprint density at radius 2 is 1.50 bits per heavy atom. The lowest BCUT2D eigenvalue weighted by Crippen LogP contribution is -2.06. The fourth-order valence-corrected chi connectivity index (χ4v) is 3.18. The first-order valence-electron chi connectivity index (χ1n) is 8.73. The summed E-state index contributed by atoms with van der Waals surface area (Å²) in [6.45, 7) is 0. The largest absolute Gasteiger partial charge is 0.478 e. The lowest BCUT2D eigenvalue weighted by atomic mass is 9.86. The van der Waals surface area contributed by atoms with Crippen LogP contribution in [0.15, 0.2) is 78.9 Å². The van der Waals surface area contributed by atoms with Crippen molar-refractivity contribution in [3.63, 3.8) is 0 Å². The summed E-state index contributed by atoms with van der Waals surface area (Å²) in [5, 5.41) is 9.09. The molecule has 0 heterocycles. The lowest BCUT2D eigenvalue weighted by molar-refractivity contribution is 0.0697. The van der Waals surface area contributed by atoms with Crippen LogP contribution in [-0.4, -0.2) is 11.1 Å². The normalized spacial score (nSPS) is 11.9. The highest BCUT2D eigenvalue weighted by Gasteiger charge is 2.14. The molecule has 0 bridgehead atoms. The minimum atomic E-state index is -0.914. The van der Waals surface area contributed by atoms with E-state index in [-0.39, 0.29) is 11.7 Å². The maximum atomic E-state index is 13.1. The number of carboxylic acid groups (broad SMARTS) is 1. The Bertz CT molecular complexity index is 840. The molecule has 1 atom stereocenters. The van der Waals surface area contributed by atoms with Crippen LogP contribution in [0.5, 0.6) is 0 Å². The van der Waals surface area contributed by atoms with Gasteiger partial charge in [-0.05, 0) is 66.1 Å². The Balaban J connectivity index is 1.78. The van der Waals surface area contributed by atoms with E-state index in [1.54, 1.807) is 12.1 Å². The zero-order valence-electron chi connectivity index (χ0n) is 14.4. The Kier molecular flexibility index (Phi) is 5.80. The van der Waals surface area contributed by atoms with Crippen molar-refractivity contribution in [1.29, 1.82) is 0 Å². The average molecular weight is 348 g/mol. The summed E-state index contributed by atoms with van der Waals surface area (Å²) in [4.78, 5) is 11.1. The number of aryl methyl sites for hydroxylation is 1. The number of carboxylic acids is 1. The molecule has 0 radical (unpaired) electrons. The standard InChI is InChI=1S/C23H21FO2/c24-22-14-7-17(8-15-22)6-9-21(16-18-4-2-1-3-5-18)19-10-12-20(13-11-19)23(25)26/h1-5,7-8,10-15,21H,6,9,16H2,(H,25,26). The first-order chi connectivity index (χ1) is 12.6. The fourth-order valence-electron chi connectivity index (χ4n) is 3.18. The second kappa shape index (κ2) is 8.43. The van der Waals surface area contributed by atoms with Gasteiger partial charge in [0, 0.05) is 0 Å². The summed E-state index contributed by atoms with van der Waals surface area (Å²) in [6, 6.07) is 24.0. The second-order valence-corrected chi connectivity index (χ2v) is 6.48. The molecule has 3 rings (SSSR count). The van der Waals surface area contributed by atoms with Crippen molar-refractivity contribution in [2.45, 2.75) is 25.2 Å². The first-order valence-corrected chi connectivity index (χ1v) is 8.73. The third kappa shape index (κ3) is 4.79. The minimum absolute atomic E-state index is 0.223. The molecule has 3 aromatic carbocycles. The number of rotatable bonds is 7. The molecule has 132 valence electrons. The van der Waals surface area contributed by atoms with Crippen LogP contribution in [0.2, 0.25) is 0 Å². The SMILES string of the molecule is O=C(O)c1ccc(C(CCc2ccc(F)cc2)Cc2ccccc2)cc1. The molecule has 0 aromatic heterocycles. The van der Waals surface area contributed by atoms with Crippen molar-refractivity contribution in [2.24, 2.45) is 0 Å². The van der Waals surface area contributed by atoms with Crippen molar-refractivity contribution >= 4 is 5.97 Å². The molecule has 0 fully saturated rings. The monoisotopic (exact) mass is 348 g/mol. The average Bonchev–Trinajstić information content (AvgIpc) is 2.67. The van der Waals surface area contributed by atoms with Crippen molar-refractivity contribution in [1.82, 2.24) is 0 Å². The van der Waals surface area contributed by atoms with Crippen molar-refractivity contribution in [3.05, 3.63) is 107 Å². The Morgan fingerprint density at radius 1 is 0.846 bits per heavy atom. The molecule has 0 aliphatic carbocycles. The van der Waals surface area contributed by atoms with Crippen LogP contribution in [0.25, 0.3) is 0 Å². The Morgan fingerprint density at radius 3 is 2.12 bits per heavy atom. The van der Waals surface area contributed by atoms with Crippen molar-refractivity contribution in [2.75, 3.05) is 0 Å². The molecule has 0 spiro atoms. The summed E-state index contributed by atoms with van der Waals surface area (Å²) in [7, 11) is 0. The van der Waals surface area contributed by atoms with E-state index in [1.807, 2.05) is 42.5 Å². The molecule has 0 aliphatic heterocycles. The fraction of sp³-hybridized carbons (Fsp3) is 0.174. The summed E-state index contributed by atoms with van der Waals surface area (Å²) >= 11 is 0. The quantitative estimate of drug-likeness (QED) is 0.613. The van der Waals surface area contributed by atoms with Crippen LogP contribution < -0.4 is 0 Å². The van der Waals surface area contributed by atoms with Crippen molar-refractivity contribution in [3.8, 4) is 0 Å². The van der Waals surface area contributed by atoms with Crippen LogP contribution >= 0.6 is 0 Å². The van der Waals surface area contributed by atoms with Gasteiger partial charge < -0.3 is 5.11 Å². The predicted molar refractivity (Wildman–Crippen MR) is 101 cm³/mol. The van der Waals surface area contributed by atoms with Gasteiger partial charge in [0.15, 0.2) is 0 Å². The topological polar surface area (TPSA) is 37.3 Å². The van der Waals surface area contributed by atoms with E-state index >= 15 is 0 Å². The molecule has 0 aliphatic rings. The van der Waals surface area contributed by atoms with Crippen LogP contribution in [0, 0.1) is 5.82 Å². The summed E-state index contributed by atoms with van der Waals surface area (Å²) < 4.78 is 13.1. The summed E-state index contributed by atoms with van der Waals surface area (Å²) in [6.07, 6.45) is 2.64. The van der Waals surface area contributed by atoms with Gasteiger partial charge in [-0.3, -0.25) is 0 Å². The van der Waals surface area contributed by atoms with Gasteiger partial charge in [-0.2, -0.15) is 0 Å². The highest BCUT2D eigenvalue weighted by molar-refractivity contribution is 5.87. The second-order valence-electron chi connectivity index (χ2n) is 6.48. The number of carbonyl (C=O) groups is 1. The van der Waals surface area contributed by atoms with Gasteiger partial charge in [-0.25, -0.2) is 9.18 Å². The molecule has 1 N–H and O–H groups in total. The van der Waals surface area contributed by atoms with E-state index in [4.69, 9.17) is 5.11 Å². The molecule has 3 heteroatoms. The van der Waals surface area contributed by atoms with Gasteiger partial charge in [0.1, 0.15) is 5.82 Å². The van der Waals surface area contributed by atoms with Crippen molar-refractivity contribution < 1.29 is 14.3 Å². The molecule has 1 unspecified atom stereocenters. The number of benzene rings is 3. The molecular formula is C23H21FO2. The van der Waals surface area contributed by atoms with E-state index in [1.165, 1.54) is 17.7 Å². The predicted octanol–water partition coefficient (Wildman–Crippen LogP) is 5.48. The van der Waals surface area contributed by atoms with Crippen LogP contribution in [0.3, 0.4) is 0 Å². The smallest absolute Gasteiger partial charge is 0.335 e. The zero-order valence-corrected chi connectivity index (χ0v) is 14.4. The number of hydrogen-bond donors (Lipinski definition) is 1. The molecule has 2 nitrogen and oxygen atoms in total. The van der Waals surface area contributed by atoms with Gasteiger partial charge in [0.05, 0.1) is 5.56 Å². The molecule has 3 aromatic rings. The van der Waals surface area contributed by atoms with E-state index in [9.17, 15) is 9.18 Å². The number of halogens is 1. The van der Waals surface area contributed by atoms with Crippen LogP contribution in [-0.2, 0) is 12.8 Å². The molecule has 0 saturated heterocycles. The van der Waals surface area contributed by atoms with Crippen LogP contribution in [0.1, 0.15) is 39.4 Å². The van der Waals surface area contributed by atoms with E-state index < -0.39 is 5.97 Å². The maximum Gasteiger partial charge on any atom is 0.335 e. The zero-order chi connectivity index (χ0) is 18.4. The molecule has 26 heavy (non-hydrogen) atoms. The Labute approximate surface area is 152 Å². The van der Waals surface area contributed by atoms with E-state index in [2.05, 4.69) is 12.1 Å². The van der Waals surface area contributed by atoms with Gasteiger partial charge in [0.2, 0.25) is 0 Å². The number of aromatic carboxylic acids is 1. The van der Waals surface area contributed by atoms with Gasteiger partial charge in [-0.15, -0.1) is 0 Å².